The highest BCUT2D eigenvalue weighted by atomic mass is 32.1. The summed E-state index contributed by atoms with van der Waals surface area (Å²) in [6.07, 6.45) is -0.00696. The first-order chi connectivity index (χ1) is 14.0. The van der Waals surface area contributed by atoms with E-state index in [1.54, 1.807) is 19.9 Å². The van der Waals surface area contributed by atoms with Gasteiger partial charge in [0.2, 0.25) is 5.91 Å². The Morgan fingerprint density at radius 3 is 2.42 bits per heavy atom. The number of rotatable bonds is 5. The van der Waals surface area contributed by atoms with Crippen LogP contribution in [-0.4, -0.2) is 41.9 Å². The van der Waals surface area contributed by atoms with Crippen LogP contribution in [0.25, 0.3) is 10.8 Å². The smallest absolute Gasteiger partial charge is 0.252 e. The molecule has 0 aromatic heterocycles. The third-order valence-corrected chi connectivity index (χ3v) is 5.71. The summed E-state index contributed by atoms with van der Waals surface area (Å²) in [7, 11) is 0. The van der Waals surface area contributed by atoms with Crippen LogP contribution in [0.4, 0.5) is 0 Å². The Hall–Kier alpha value is -2.38. The first-order valence-corrected chi connectivity index (χ1v) is 10.3. The minimum Gasteiger partial charge on any atom is -0.368 e. The van der Waals surface area contributed by atoms with Crippen molar-refractivity contribution in [2.75, 3.05) is 6.61 Å². The molecule has 1 aliphatic heterocycles. The zero-order chi connectivity index (χ0) is 22.1. The van der Waals surface area contributed by atoms with Crippen molar-refractivity contribution in [1.82, 2.24) is 10.6 Å². The van der Waals surface area contributed by atoms with Crippen LogP contribution in [0.5, 0.6) is 0 Å². The molecule has 0 unspecified atom stereocenters. The molecule has 2 amide bonds. The van der Waals surface area contributed by atoms with Gasteiger partial charge in [0, 0.05) is 5.56 Å². The second kappa shape index (κ2) is 9.40. The monoisotopic (exact) mass is 444 g/mol. The first-order valence-electron chi connectivity index (χ1n) is 10.3. The largest absolute Gasteiger partial charge is 0.368 e. The van der Waals surface area contributed by atoms with Gasteiger partial charge in [0.25, 0.3) is 5.91 Å². The van der Waals surface area contributed by atoms with Crippen LogP contribution in [0.2, 0.25) is 0 Å². The van der Waals surface area contributed by atoms with Crippen molar-refractivity contribution in [3.8, 4) is 0 Å². The molecule has 2 aromatic carbocycles. The summed E-state index contributed by atoms with van der Waals surface area (Å²) >= 11 is 0. The van der Waals surface area contributed by atoms with Crippen LogP contribution < -0.4 is 10.6 Å². The molecule has 0 bridgehead atoms. The van der Waals surface area contributed by atoms with Gasteiger partial charge in [-0.1, -0.05) is 57.2 Å². The van der Waals surface area contributed by atoms with Crippen LogP contribution >= 0.6 is 13.5 Å². The number of nitrogens with one attached hydrogen (secondary N) is 2. The van der Waals surface area contributed by atoms with E-state index in [2.05, 4.69) is 10.6 Å². The number of hydrogen-bond donors (Lipinski definition) is 2. The number of carbonyl (C=O) groups excluding carboxylic acids is 3. The lowest BCUT2D eigenvalue weighted by molar-refractivity contribution is -0.131. The molecule has 168 valence electrons. The van der Waals surface area contributed by atoms with Crippen LogP contribution in [0.15, 0.2) is 42.5 Å². The quantitative estimate of drug-likeness (QED) is 0.741. The Bertz CT molecular complexity index is 980. The fourth-order valence-electron chi connectivity index (χ4n) is 3.74. The predicted octanol–water partition coefficient (Wildman–Crippen LogP) is 3.35. The Labute approximate surface area is 190 Å². The number of ketones is 1. The van der Waals surface area contributed by atoms with E-state index in [0.717, 1.165) is 10.8 Å². The summed E-state index contributed by atoms with van der Waals surface area (Å²) in [5, 5.41) is 7.52. The molecular weight excluding hydrogens is 412 g/mol. The molecule has 7 heteroatoms. The van der Waals surface area contributed by atoms with Gasteiger partial charge < -0.3 is 15.4 Å². The lowest BCUT2D eigenvalue weighted by atomic mass is 9.86. The van der Waals surface area contributed by atoms with E-state index >= 15 is 0 Å². The second-order valence-corrected chi connectivity index (χ2v) is 9.39. The Balaban J connectivity index is 0.00000341. The highest BCUT2D eigenvalue weighted by Gasteiger charge is 2.47. The zero-order valence-electron chi connectivity index (χ0n) is 18.7. The fourth-order valence-corrected chi connectivity index (χ4v) is 3.74. The van der Waals surface area contributed by atoms with Crippen molar-refractivity contribution in [2.45, 2.75) is 58.7 Å². The summed E-state index contributed by atoms with van der Waals surface area (Å²) in [5.41, 5.74) is -0.798. The Morgan fingerprint density at radius 2 is 1.81 bits per heavy atom. The zero-order valence-corrected chi connectivity index (χ0v) is 19.7. The van der Waals surface area contributed by atoms with E-state index in [4.69, 9.17) is 4.74 Å². The van der Waals surface area contributed by atoms with Crippen molar-refractivity contribution < 1.29 is 19.1 Å². The number of benzene rings is 2. The van der Waals surface area contributed by atoms with Crippen LogP contribution in [0.1, 0.15) is 51.4 Å². The van der Waals surface area contributed by atoms with Gasteiger partial charge in [-0.05, 0) is 42.5 Å². The lowest BCUT2D eigenvalue weighted by Crippen LogP contribution is -2.60. The molecule has 1 saturated heterocycles. The first kappa shape index (κ1) is 24.9. The van der Waals surface area contributed by atoms with Crippen molar-refractivity contribution in [1.29, 1.82) is 0 Å². The summed E-state index contributed by atoms with van der Waals surface area (Å²) in [6, 6.07) is 12.4. The molecule has 0 aliphatic carbocycles. The van der Waals surface area contributed by atoms with E-state index in [-0.39, 0.29) is 43.1 Å². The minimum atomic E-state index is -1.10. The van der Waals surface area contributed by atoms with Gasteiger partial charge in [0.05, 0.1) is 6.10 Å². The minimum absolute atomic E-state index is 0. The maximum absolute atomic E-state index is 13.2. The molecule has 1 fully saturated rings. The molecule has 3 rings (SSSR count). The average Bonchev–Trinajstić information content (AvgIpc) is 2.93. The van der Waals surface area contributed by atoms with Gasteiger partial charge in [-0.25, -0.2) is 0 Å². The van der Waals surface area contributed by atoms with Crippen molar-refractivity contribution in [3.05, 3.63) is 48.0 Å². The number of carbonyl (C=O) groups is 3. The van der Waals surface area contributed by atoms with Crippen molar-refractivity contribution in [3.63, 3.8) is 0 Å². The highest BCUT2D eigenvalue weighted by Crippen LogP contribution is 2.25. The predicted molar refractivity (Wildman–Crippen MR) is 127 cm³/mol. The van der Waals surface area contributed by atoms with Crippen molar-refractivity contribution in [2.24, 2.45) is 5.41 Å². The molecule has 0 radical (unpaired) electrons. The molecule has 1 aliphatic rings. The molecule has 31 heavy (non-hydrogen) atoms. The number of Topliss-reactive ketones (excluding diaryl/α,β-unsaturated/α-hetero) is 1. The molecule has 2 aromatic rings. The third kappa shape index (κ3) is 5.46. The molecule has 0 spiro atoms. The van der Waals surface area contributed by atoms with E-state index in [0.29, 0.717) is 12.0 Å². The summed E-state index contributed by atoms with van der Waals surface area (Å²) in [5.74, 6) is -0.867. The standard InChI is InChI=1S/C24H30N2O4.H2S/c1-15-24(5,20(27)14-30-15)26-22(29)19(13-23(2,3)4)25-21(28)18-12-8-10-16-9-6-7-11-17(16)18;/h6-12,15,19H,13-14H2,1-5H3,(H,25,28)(H,26,29);1H2/t15-,19+,24-;/m1./s1. The van der Waals surface area contributed by atoms with E-state index in [9.17, 15) is 14.4 Å². The lowest BCUT2D eigenvalue weighted by Gasteiger charge is -2.32. The number of fused-ring (bicyclic) bond motifs is 1. The molecule has 2 N–H and O–H groups in total. The van der Waals surface area contributed by atoms with Gasteiger partial charge in [0.1, 0.15) is 18.2 Å². The van der Waals surface area contributed by atoms with Gasteiger partial charge in [-0.15, -0.1) is 0 Å². The van der Waals surface area contributed by atoms with Gasteiger partial charge in [-0.2, -0.15) is 13.5 Å². The van der Waals surface area contributed by atoms with Crippen LogP contribution in [0.3, 0.4) is 0 Å². The average molecular weight is 445 g/mol. The maximum atomic E-state index is 13.2. The Kier molecular flexibility index (Phi) is 7.55. The van der Waals surface area contributed by atoms with E-state index in [1.165, 1.54) is 0 Å². The van der Waals surface area contributed by atoms with E-state index in [1.807, 2.05) is 57.2 Å². The van der Waals surface area contributed by atoms with Crippen LogP contribution in [0, 0.1) is 5.41 Å². The van der Waals surface area contributed by atoms with Gasteiger partial charge >= 0.3 is 0 Å². The molecular formula is C24H32N2O4S. The highest BCUT2D eigenvalue weighted by molar-refractivity contribution is 7.59. The normalized spacial score (nSPS) is 22.0. The molecule has 1 heterocycles. The summed E-state index contributed by atoms with van der Waals surface area (Å²) in [6.45, 7) is 9.43. The molecule has 6 nitrogen and oxygen atoms in total. The van der Waals surface area contributed by atoms with Crippen molar-refractivity contribution >= 4 is 41.9 Å². The third-order valence-electron chi connectivity index (χ3n) is 5.71. The fraction of sp³-hybridized carbons (Fsp3) is 0.458. The molecule has 3 atom stereocenters. The number of ether oxygens (including phenoxy) is 1. The van der Waals surface area contributed by atoms with Gasteiger partial charge in [-0.3, -0.25) is 14.4 Å². The SMILES string of the molecule is C[C@H]1OCC(=O)[C@]1(C)NC(=O)[C@H](CC(C)(C)C)NC(=O)c1cccc2ccccc12.S. The summed E-state index contributed by atoms with van der Waals surface area (Å²) in [4.78, 5) is 38.6. The number of amides is 2. The topological polar surface area (TPSA) is 84.5 Å². The summed E-state index contributed by atoms with van der Waals surface area (Å²) < 4.78 is 5.41. The van der Waals surface area contributed by atoms with Crippen LogP contribution in [-0.2, 0) is 14.3 Å². The number of hydrogen-bond acceptors (Lipinski definition) is 4. The Morgan fingerprint density at radius 1 is 1.16 bits per heavy atom. The van der Waals surface area contributed by atoms with E-state index < -0.39 is 17.7 Å². The van der Waals surface area contributed by atoms with Gasteiger partial charge in [0.15, 0.2) is 5.78 Å². The maximum Gasteiger partial charge on any atom is 0.252 e. The molecule has 0 saturated carbocycles. The second-order valence-electron chi connectivity index (χ2n) is 9.39.